The van der Waals surface area contributed by atoms with Gasteiger partial charge in [0.05, 0.1) is 23.2 Å². The highest BCUT2D eigenvalue weighted by molar-refractivity contribution is 6.33. The second-order valence-corrected chi connectivity index (χ2v) is 5.34. The number of carbonyl (C=O) groups excluding carboxylic acids is 1. The van der Waals surface area contributed by atoms with Crippen molar-refractivity contribution < 1.29 is 14.3 Å². The van der Waals surface area contributed by atoms with Gasteiger partial charge < -0.3 is 10.4 Å². The molecule has 3 nitrogen and oxygen atoms in total. The summed E-state index contributed by atoms with van der Waals surface area (Å²) < 4.78 is 13.0. The van der Waals surface area contributed by atoms with Gasteiger partial charge in [-0.15, -0.1) is 0 Å². The van der Waals surface area contributed by atoms with Crippen LogP contribution in [-0.2, 0) is 6.42 Å². The average molecular weight is 322 g/mol. The van der Waals surface area contributed by atoms with Gasteiger partial charge in [0.2, 0.25) is 0 Å². The second kappa shape index (κ2) is 7.38. The Balaban J connectivity index is 2.16. The van der Waals surface area contributed by atoms with Crippen LogP contribution in [0.1, 0.15) is 34.5 Å². The van der Waals surface area contributed by atoms with Crippen LogP contribution >= 0.6 is 11.6 Å². The van der Waals surface area contributed by atoms with E-state index >= 15 is 0 Å². The van der Waals surface area contributed by atoms with E-state index in [-0.39, 0.29) is 17.2 Å². The molecule has 1 atom stereocenters. The standard InChI is InChI=1S/C17H17ClFNO2/c1-2-11-3-5-12(6-4-11)16(10-21)20-17(22)14-8-7-13(19)9-15(14)18/h3-9,16,21H,2,10H2,1H3,(H,20,22). The Morgan fingerprint density at radius 2 is 1.95 bits per heavy atom. The van der Waals surface area contributed by atoms with Gasteiger partial charge in [0.1, 0.15) is 5.82 Å². The number of hydrogen-bond donors (Lipinski definition) is 2. The Kier molecular flexibility index (Phi) is 5.52. The Morgan fingerprint density at radius 3 is 2.50 bits per heavy atom. The minimum atomic E-state index is -0.542. The zero-order valence-electron chi connectivity index (χ0n) is 12.1. The number of carbonyl (C=O) groups is 1. The second-order valence-electron chi connectivity index (χ2n) is 4.93. The fourth-order valence-electron chi connectivity index (χ4n) is 2.13. The van der Waals surface area contributed by atoms with E-state index in [1.807, 2.05) is 24.3 Å². The summed E-state index contributed by atoms with van der Waals surface area (Å²) in [6, 6.07) is 10.7. The lowest BCUT2D eigenvalue weighted by Crippen LogP contribution is -2.31. The quantitative estimate of drug-likeness (QED) is 0.885. The van der Waals surface area contributed by atoms with Gasteiger partial charge in [0.15, 0.2) is 0 Å². The van der Waals surface area contributed by atoms with Crippen molar-refractivity contribution in [2.75, 3.05) is 6.61 Å². The Labute approximate surface area is 133 Å². The number of halogens is 2. The van der Waals surface area contributed by atoms with E-state index in [4.69, 9.17) is 11.6 Å². The lowest BCUT2D eigenvalue weighted by Gasteiger charge is -2.17. The molecule has 0 aromatic heterocycles. The number of benzene rings is 2. The topological polar surface area (TPSA) is 49.3 Å². The molecule has 2 rings (SSSR count). The number of rotatable bonds is 5. The normalized spacial score (nSPS) is 12.0. The van der Waals surface area contributed by atoms with Gasteiger partial charge in [-0.3, -0.25) is 4.79 Å². The maximum atomic E-state index is 13.0. The van der Waals surface area contributed by atoms with Crippen molar-refractivity contribution in [1.29, 1.82) is 0 Å². The van der Waals surface area contributed by atoms with E-state index in [9.17, 15) is 14.3 Å². The predicted molar refractivity (Wildman–Crippen MR) is 84.5 cm³/mol. The monoisotopic (exact) mass is 321 g/mol. The van der Waals surface area contributed by atoms with Crippen LogP contribution in [0.5, 0.6) is 0 Å². The number of nitrogens with one attached hydrogen (secondary N) is 1. The molecule has 1 unspecified atom stereocenters. The molecule has 22 heavy (non-hydrogen) atoms. The van der Waals surface area contributed by atoms with Crippen LogP contribution in [0.3, 0.4) is 0 Å². The summed E-state index contributed by atoms with van der Waals surface area (Å²) in [6.45, 7) is 1.81. The van der Waals surface area contributed by atoms with Gasteiger partial charge in [-0.05, 0) is 35.7 Å². The molecule has 0 aliphatic rings. The molecule has 0 aliphatic carbocycles. The first-order valence-corrected chi connectivity index (χ1v) is 7.38. The van der Waals surface area contributed by atoms with Crippen molar-refractivity contribution >= 4 is 17.5 Å². The van der Waals surface area contributed by atoms with Crippen LogP contribution in [0, 0.1) is 5.82 Å². The van der Waals surface area contributed by atoms with Gasteiger partial charge in [0, 0.05) is 0 Å². The van der Waals surface area contributed by atoms with Crippen LogP contribution in [-0.4, -0.2) is 17.6 Å². The van der Waals surface area contributed by atoms with Crippen molar-refractivity contribution in [2.24, 2.45) is 0 Å². The van der Waals surface area contributed by atoms with E-state index in [2.05, 4.69) is 12.2 Å². The average Bonchev–Trinajstić information content (AvgIpc) is 2.52. The lowest BCUT2D eigenvalue weighted by molar-refractivity contribution is 0.0916. The van der Waals surface area contributed by atoms with Crippen LogP contribution in [0.15, 0.2) is 42.5 Å². The molecule has 116 valence electrons. The maximum Gasteiger partial charge on any atom is 0.253 e. The third-order valence-corrected chi connectivity index (χ3v) is 3.77. The van der Waals surface area contributed by atoms with E-state index < -0.39 is 17.8 Å². The number of hydrogen-bond acceptors (Lipinski definition) is 2. The molecule has 0 aliphatic heterocycles. The smallest absolute Gasteiger partial charge is 0.253 e. The van der Waals surface area contributed by atoms with Gasteiger partial charge in [-0.1, -0.05) is 42.8 Å². The molecule has 2 aromatic carbocycles. The third kappa shape index (κ3) is 3.84. The minimum absolute atomic E-state index is 0.0375. The molecular weight excluding hydrogens is 305 g/mol. The largest absolute Gasteiger partial charge is 0.394 e. The number of aryl methyl sites for hydroxylation is 1. The van der Waals surface area contributed by atoms with E-state index in [1.54, 1.807) is 0 Å². The van der Waals surface area contributed by atoms with Crippen LogP contribution in [0.25, 0.3) is 0 Å². The highest BCUT2D eigenvalue weighted by Gasteiger charge is 2.17. The van der Waals surface area contributed by atoms with E-state index in [1.165, 1.54) is 17.7 Å². The molecule has 2 N–H and O–H groups in total. The van der Waals surface area contributed by atoms with Gasteiger partial charge in [0.25, 0.3) is 5.91 Å². The summed E-state index contributed by atoms with van der Waals surface area (Å²) >= 11 is 5.87. The highest BCUT2D eigenvalue weighted by Crippen LogP contribution is 2.19. The SMILES string of the molecule is CCc1ccc(C(CO)NC(=O)c2ccc(F)cc2Cl)cc1. The Bertz CT molecular complexity index is 658. The lowest BCUT2D eigenvalue weighted by atomic mass is 10.0. The zero-order chi connectivity index (χ0) is 16.1. The van der Waals surface area contributed by atoms with E-state index in [0.717, 1.165) is 18.1 Å². The molecule has 0 spiro atoms. The summed E-state index contributed by atoms with van der Waals surface area (Å²) in [5.41, 5.74) is 2.14. The van der Waals surface area contributed by atoms with Gasteiger partial charge in [-0.2, -0.15) is 0 Å². The molecule has 0 fully saturated rings. The molecule has 0 heterocycles. The van der Waals surface area contributed by atoms with Crippen LogP contribution in [0.2, 0.25) is 5.02 Å². The van der Waals surface area contributed by atoms with Crippen LogP contribution < -0.4 is 5.32 Å². The van der Waals surface area contributed by atoms with Crippen molar-refractivity contribution in [3.05, 3.63) is 70.0 Å². The highest BCUT2D eigenvalue weighted by atomic mass is 35.5. The summed E-state index contributed by atoms with van der Waals surface area (Å²) in [4.78, 5) is 12.2. The van der Waals surface area contributed by atoms with Crippen molar-refractivity contribution in [3.8, 4) is 0 Å². The zero-order valence-corrected chi connectivity index (χ0v) is 12.9. The molecule has 0 bridgehead atoms. The first kappa shape index (κ1) is 16.5. The van der Waals surface area contributed by atoms with Gasteiger partial charge in [-0.25, -0.2) is 4.39 Å². The molecule has 0 saturated carbocycles. The minimum Gasteiger partial charge on any atom is -0.394 e. The molecule has 2 aromatic rings. The first-order chi connectivity index (χ1) is 10.5. The fourth-order valence-corrected chi connectivity index (χ4v) is 2.38. The summed E-state index contributed by atoms with van der Waals surface area (Å²) in [7, 11) is 0. The van der Waals surface area contributed by atoms with Gasteiger partial charge >= 0.3 is 0 Å². The molecule has 0 saturated heterocycles. The summed E-state index contributed by atoms with van der Waals surface area (Å²) in [6.07, 6.45) is 0.918. The Hall–Kier alpha value is -1.91. The van der Waals surface area contributed by atoms with Crippen molar-refractivity contribution in [1.82, 2.24) is 5.32 Å². The number of aliphatic hydroxyl groups is 1. The Morgan fingerprint density at radius 1 is 1.27 bits per heavy atom. The number of amides is 1. The molecular formula is C17H17ClFNO2. The fraction of sp³-hybridized carbons (Fsp3) is 0.235. The van der Waals surface area contributed by atoms with E-state index in [0.29, 0.717) is 0 Å². The summed E-state index contributed by atoms with van der Waals surface area (Å²) in [5.74, 6) is -0.959. The predicted octanol–water partition coefficient (Wildman–Crippen LogP) is 3.50. The third-order valence-electron chi connectivity index (χ3n) is 3.45. The van der Waals surface area contributed by atoms with Crippen LogP contribution in [0.4, 0.5) is 4.39 Å². The first-order valence-electron chi connectivity index (χ1n) is 7.00. The van der Waals surface area contributed by atoms with Crippen molar-refractivity contribution in [3.63, 3.8) is 0 Å². The molecule has 0 radical (unpaired) electrons. The molecule has 5 heteroatoms. The summed E-state index contributed by atoms with van der Waals surface area (Å²) in [5, 5.41) is 12.2. The number of aliphatic hydroxyl groups excluding tert-OH is 1. The maximum absolute atomic E-state index is 13.0. The molecule has 1 amide bonds. The van der Waals surface area contributed by atoms with Crippen molar-refractivity contribution in [2.45, 2.75) is 19.4 Å².